The van der Waals surface area contributed by atoms with Gasteiger partial charge >= 0.3 is 0 Å². The molecule has 18 heavy (non-hydrogen) atoms. The van der Waals surface area contributed by atoms with Gasteiger partial charge in [0.1, 0.15) is 12.4 Å². The Bertz CT molecular complexity index is 528. The second kappa shape index (κ2) is 5.16. The maximum absolute atomic E-state index is 12.0. The van der Waals surface area contributed by atoms with E-state index >= 15 is 0 Å². The largest absolute Gasteiger partial charge is 0.489 e. The van der Waals surface area contributed by atoms with Crippen molar-refractivity contribution in [3.63, 3.8) is 0 Å². The summed E-state index contributed by atoms with van der Waals surface area (Å²) in [6.45, 7) is 2.95. The summed E-state index contributed by atoms with van der Waals surface area (Å²) in [6.07, 6.45) is 0.729. The molecule has 0 spiro atoms. The van der Waals surface area contributed by atoms with Crippen LogP contribution in [0.5, 0.6) is 5.75 Å². The molecule has 1 aliphatic heterocycles. The quantitative estimate of drug-likeness (QED) is 0.875. The summed E-state index contributed by atoms with van der Waals surface area (Å²) in [5, 5.41) is 0. The molecule has 5 nitrogen and oxygen atoms in total. The Morgan fingerprint density at radius 3 is 2.89 bits per heavy atom. The SMILES string of the molecule is CCS(=O)(=O)N1CCOc2ccc(CCN)cc21. The molecule has 0 saturated carbocycles. The molecule has 0 aromatic heterocycles. The molecule has 6 heteroatoms. The number of nitrogens with zero attached hydrogens (tertiary/aromatic N) is 1. The van der Waals surface area contributed by atoms with E-state index in [-0.39, 0.29) is 5.75 Å². The fraction of sp³-hybridized carbons (Fsp3) is 0.500. The fourth-order valence-corrected chi connectivity index (χ4v) is 3.11. The molecular formula is C12H18N2O3S. The van der Waals surface area contributed by atoms with Gasteiger partial charge in [-0.15, -0.1) is 0 Å². The molecule has 0 amide bonds. The zero-order valence-corrected chi connectivity index (χ0v) is 11.2. The first kappa shape index (κ1) is 13.2. The Morgan fingerprint density at radius 2 is 2.22 bits per heavy atom. The highest BCUT2D eigenvalue weighted by Gasteiger charge is 2.27. The minimum absolute atomic E-state index is 0.0908. The predicted octanol–water partition coefficient (Wildman–Crippen LogP) is 0.736. The lowest BCUT2D eigenvalue weighted by Gasteiger charge is -2.30. The van der Waals surface area contributed by atoms with Crippen LogP contribution in [0.15, 0.2) is 18.2 Å². The van der Waals surface area contributed by atoms with Crippen LogP contribution >= 0.6 is 0 Å². The number of ether oxygens (including phenoxy) is 1. The summed E-state index contributed by atoms with van der Waals surface area (Å²) < 4.78 is 31.0. The summed E-state index contributed by atoms with van der Waals surface area (Å²) in [7, 11) is -3.24. The molecule has 100 valence electrons. The molecule has 0 fully saturated rings. The van der Waals surface area contributed by atoms with Crippen LogP contribution in [0.3, 0.4) is 0 Å². The Morgan fingerprint density at radius 1 is 1.44 bits per heavy atom. The van der Waals surface area contributed by atoms with Gasteiger partial charge in [-0.2, -0.15) is 0 Å². The van der Waals surface area contributed by atoms with Crippen molar-refractivity contribution in [2.75, 3.05) is 29.8 Å². The van der Waals surface area contributed by atoms with Crippen molar-refractivity contribution in [1.29, 1.82) is 0 Å². The molecule has 0 unspecified atom stereocenters. The van der Waals surface area contributed by atoms with Crippen molar-refractivity contribution in [2.24, 2.45) is 5.73 Å². The highest BCUT2D eigenvalue weighted by molar-refractivity contribution is 7.92. The molecule has 0 saturated heterocycles. The lowest BCUT2D eigenvalue weighted by Crippen LogP contribution is -2.38. The third kappa shape index (κ3) is 2.44. The second-order valence-corrected chi connectivity index (χ2v) is 6.34. The normalized spacial score (nSPS) is 15.1. The van der Waals surface area contributed by atoms with Gasteiger partial charge < -0.3 is 10.5 Å². The number of nitrogens with two attached hydrogens (primary N) is 1. The van der Waals surface area contributed by atoms with Crippen LogP contribution in [0.2, 0.25) is 0 Å². The van der Waals surface area contributed by atoms with E-state index in [0.717, 1.165) is 12.0 Å². The summed E-state index contributed by atoms with van der Waals surface area (Å²) in [6, 6.07) is 5.60. The molecule has 2 N–H and O–H groups in total. The van der Waals surface area contributed by atoms with E-state index in [9.17, 15) is 8.42 Å². The van der Waals surface area contributed by atoms with Crippen molar-refractivity contribution in [1.82, 2.24) is 0 Å². The summed E-state index contributed by atoms with van der Waals surface area (Å²) in [5.74, 6) is 0.715. The topological polar surface area (TPSA) is 72.6 Å². The van der Waals surface area contributed by atoms with Crippen LogP contribution < -0.4 is 14.8 Å². The highest BCUT2D eigenvalue weighted by Crippen LogP contribution is 2.34. The number of fused-ring (bicyclic) bond motifs is 1. The van der Waals surface area contributed by atoms with Crippen molar-refractivity contribution < 1.29 is 13.2 Å². The minimum Gasteiger partial charge on any atom is -0.489 e. The fourth-order valence-electron chi connectivity index (χ4n) is 2.01. The van der Waals surface area contributed by atoms with E-state index in [4.69, 9.17) is 10.5 Å². The molecular weight excluding hydrogens is 252 g/mol. The smallest absolute Gasteiger partial charge is 0.235 e. The molecule has 1 aromatic carbocycles. The molecule has 1 aromatic rings. The van der Waals surface area contributed by atoms with E-state index in [1.807, 2.05) is 18.2 Å². The Balaban J connectivity index is 2.43. The predicted molar refractivity (Wildman–Crippen MR) is 71.5 cm³/mol. The Hall–Kier alpha value is -1.27. The summed E-state index contributed by atoms with van der Waals surface area (Å²) in [5.41, 5.74) is 7.18. The second-order valence-electron chi connectivity index (χ2n) is 4.16. The van der Waals surface area contributed by atoms with Crippen LogP contribution in [0.4, 0.5) is 5.69 Å². The van der Waals surface area contributed by atoms with Gasteiger partial charge in [0.05, 0.1) is 18.0 Å². The number of sulfonamides is 1. The third-order valence-electron chi connectivity index (χ3n) is 2.98. The van der Waals surface area contributed by atoms with Gasteiger partial charge in [0, 0.05) is 0 Å². The van der Waals surface area contributed by atoms with Crippen molar-refractivity contribution in [2.45, 2.75) is 13.3 Å². The van der Waals surface area contributed by atoms with Crippen LogP contribution in [-0.2, 0) is 16.4 Å². The molecule has 0 bridgehead atoms. The van der Waals surface area contributed by atoms with Crippen molar-refractivity contribution in [3.8, 4) is 5.75 Å². The third-order valence-corrected chi connectivity index (χ3v) is 4.76. The maximum atomic E-state index is 12.0. The highest BCUT2D eigenvalue weighted by atomic mass is 32.2. The van der Waals surface area contributed by atoms with Crippen LogP contribution in [0.1, 0.15) is 12.5 Å². The van der Waals surface area contributed by atoms with E-state index in [2.05, 4.69) is 0 Å². The average molecular weight is 270 g/mol. The van der Waals surface area contributed by atoms with E-state index in [0.29, 0.717) is 31.1 Å². The van der Waals surface area contributed by atoms with Crippen LogP contribution in [0, 0.1) is 0 Å². The number of hydrogen-bond donors (Lipinski definition) is 1. The van der Waals surface area contributed by atoms with Gasteiger partial charge in [0.2, 0.25) is 10.0 Å². The molecule has 0 atom stereocenters. The standard InChI is InChI=1S/C12H18N2O3S/c1-2-18(15,16)14-7-8-17-12-4-3-10(5-6-13)9-11(12)14/h3-4,9H,2,5-8,13H2,1H3. The van der Waals surface area contributed by atoms with Gasteiger partial charge in [-0.3, -0.25) is 4.31 Å². The number of anilines is 1. The summed E-state index contributed by atoms with van der Waals surface area (Å²) >= 11 is 0. The van der Waals surface area contributed by atoms with Crippen molar-refractivity contribution >= 4 is 15.7 Å². The zero-order valence-electron chi connectivity index (χ0n) is 10.4. The van der Waals surface area contributed by atoms with Gasteiger partial charge in [-0.1, -0.05) is 6.07 Å². The molecule has 1 aliphatic rings. The first-order valence-electron chi connectivity index (χ1n) is 6.04. The lowest BCUT2D eigenvalue weighted by atomic mass is 10.1. The molecule has 1 heterocycles. The molecule has 2 rings (SSSR count). The Labute approximate surface area is 108 Å². The lowest BCUT2D eigenvalue weighted by molar-refractivity contribution is 0.315. The van der Waals surface area contributed by atoms with Crippen molar-refractivity contribution in [3.05, 3.63) is 23.8 Å². The molecule has 0 aliphatic carbocycles. The number of rotatable bonds is 4. The van der Waals surface area contributed by atoms with Gasteiger partial charge in [-0.05, 0) is 37.6 Å². The average Bonchev–Trinajstić information content (AvgIpc) is 2.38. The van der Waals surface area contributed by atoms with Crippen LogP contribution in [0.25, 0.3) is 0 Å². The summed E-state index contributed by atoms with van der Waals surface area (Å²) in [4.78, 5) is 0. The van der Waals surface area contributed by atoms with E-state index in [1.54, 1.807) is 6.92 Å². The zero-order chi connectivity index (χ0) is 13.2. The number of hydrogen-bond acceptors (Lipinski definition) is 4. The van der Waals surface area contributed by atoms with Crippen LogP contribution in [-0.4, -0.2) is 33.9 Å². The van der Waals surface area contributed by atoms with Gasteiger partial charge in [0.15, 0.2) is 0 Å². The van der Waals surface area contributed by atoms with E-state index in [1.165, 1.54) is 4.31 Å². The minimum atomic E-state index is -3.24. The molecule has 0 radical (unpaired) electrons. The van der Waals surface area contributed by atoms with Gasteiger partial charge in [0.25, 0.3) is 0 Å². The Kier molecular flexibility index (Phi) is 3.77. The van der Waals surface area contributed by atoms with Gasteiger partial charge in [-0.25, -0.2) is 8.42 Å². The first-order chi connectivity index (χ1) is 8.58. The van der Waals surface area contributed by atoms with E-state index < -0.39 is 10.0 Å². The maximum Gasteiger partial charge on any atom is 0.235 e. The monoisotopic (exact) mass is 270 g/mol. The first-order valence-corrected chi connectivity index (χ1v) is 7.65. The number of benzene rings is 1.